The lowest BCUT2D eigenvalue weighted by molar-refractivity contribution is 0.397. The lowest BCUT2D eigenvalue weighted by Crippen LogP contribution is -2.36. The minimum atomic E-state index is 0.600. The third-order valence-corrected chi connectivity index (χ3v) is 3.32. The molecule has 2 N–H and O–H groups in total. The summed E-state index contributed by atoms with van der Waals surface area (Å²) >= 11 is 5.87. The van der Waals surface area contributed by atoms with Gasteiger partial charge in [-0.3, -0.25) is 4.99 Å². The van der Waals surface area contributed by atoms with E-state index in [2.05, 4.69) is 20.6 Å². The smallest absolute Gasteiger partial charge is 0.213 e. The van der Waals surface area contributed by atoms with Gasteiger partial charge in [-0.2, -0.15) is 0 Å². The van der Waals surface area contributed by atoms with Gasteiger partial charge < -0.3 is 15.4 Å². The van der Waals surface area contributed by atoms with Crippen LogP contribution in [0.2, 0.25) is 5.02 Å². The average Bonchev–Trinajstić information content (AvgIpc) is 2.57. The number of ether oxygens (including phenoxy) is 1. The van der Waals surface area contributed by atoms with E-state index in [0.717, 1.165) is 22.1 Å². The van der Waals surface area contributed by atoms with Crippen molar-refractivity contribution in [3.05, 3.63) is 58.7 Å². The third-order valence-electron chi connectivity index (χ3n) is 3.07. The number of benzene rings is 1. The summed E-state index contributed by atoms with van der Waals surface area (Å²) in [7, 11) is 3.34. The maximum Gasteiger partial charge on any atom is 0.213 e. The van der Waals surface area contributed by atoms with Crippen molar-refractivity contribution < 1.29 is 4.74 Å². The summed E-state index contributed by atoms with van der Waals surface area (Å²) in [6.45, 7) is 1.32. The van der Waals surface area contributed by atoms with Gasteiger partial charge in [-0.1, -0.05) is 23.7 Å². The molecule has 0 fully saturated rings. The van der Waals surface area contributed by atoms with Crippen LogP contribution < -0.4 is 15.4 Å². The molecule has 6 heteroatoms. The molecule has 0 saturated carbocycles. The van der Waals surface area contributed by atoms with Crippen molar-refractivity contribution in [2.24, 2.45) is 4.99 Å². The fourth-order valence-electron chi connectivity index (χ4n) is 1.87. The van der Waals surface area contributed by atoms with Crippen LogP contribution >= 0.6 is 11.6 Å². The summed E-state index contributed by atoms with van der Waals surface area (Å²) in [5, 5.41) is 7.24. The number of halogens is 1. The zero-order valence-electron chi connectivity index (χ0n) is 12.6. The highest BCUT2D eigenvalue weighted by Crippen LogP contribution is 2.09. The van der Waals surface area contributed by atoms with Crippen LogP contribution in [0.5, 0.6) is 5.88 Å². The molecule has 0 saturated heterocycles. The summed E-state index contributed by atoms with van der Waals surface area (Å²) < 4.78 is 5.11. The fourth-order valence-corrected chi connectivity index (χ4v) is 1.99. The molecule has 1 aromatic carbocycles. The van der Waals surface area contributed by atoms with E-state index in [0.29, 0.717) is 19.0 Å². The molecule has 0 aliphatic heterocycles. The summed E-state index contributed by atoms with van der Waals surface area (Å²) in [6.07, 6.45) is 1.72. The molecular weight excluding hydrogens is 300 g/mol. The van der Waals surface area contributed by atoms with Crippen LogP contribution in [0.15, 0.2) is 47.6 Å². The van der Waals surface area contributed by atoms with Crippen molar-refractivity contribution in [2.45, 2.75) is 13.1 Å². The first-order chi connectivity index (χ1) is 10.7. The number of hydrogen-bond donors (Lipinski definition) is 2. The molecule has 0 unspecified atom stereocenters. The van der Waals surface area contributed by atoms with Crippen molar-refractivity contribution in [1.82, 2.24) is 15.6 Å². The highest BCUT2D eigenvalue weighted by molar-refractivity contribution is 6.30. The van der Waals surface area contributed by atoms with Crippen molar-refractivity contribution in [3.63, 3.8) is 0 Å². The molecule has 0 atom stereocenters. The van der Waals surface area contributed by atoms with Crippen molar-refractivity contribution >= 4 is 17.6 Å². The first kappa shape index (κ1) is 16.1. The minimum Gasteiger partial charge on any atom is -0.481 e. The van der Waals surface area contributed by atoms with Crippen LogP contribution in [0.3, 0.4) is 0 Å². The molecule has 22 heavy (non-hydrogen) atoms. The van der Waals surface area contributed by atoms with Gasteiger partial charge in [-0.15, -0.1) is 0 Å². The van der Waals surface area contributed by atoms with E-state index < -0.39 is 0 Å². The Bertz CT molecular complexity index is 628. The van der Waals surface area contributed by atoms with Crippen LogP contribution in [-0.2, 0) is 13.1 Å². The second-order valence-electron chi connectivity index (χ2n) is 4.61. The maximum absolute atomic E-state index is 5.87. The molecule has 0 radical (unpaired) electrons. The molecule has 2 rings (SSSR count). The standard InChI is InChI=1S/C16H19ClN4O/c1-18-16(20-10-12-3-5-14(17)6-4-12)21-11-13-7-8-19-15(9-13)22-2/h3-9H,10-11H2,1-2H3,(H2,18,20,21). The second kappa shape index (κ2) is 8.24. The summed E-state index contributed by atoms with van der Waals surface area (Å²) in [6, 6.07) is 11.5. The number of nitrogens with one attached hydrogen (secondary N) is 2. The lowest BCUT2D eigenvalue weighted by Gasteiger charge is -2.12. The Balaban J connectivity index is 1.85. The molecule has 0 aliphatic carbocycles. The molecule has 0 amide bonds. The Hall–Kier alpha value is -2.27. The highest BCUT2D eigenvalue weighted by atomic mass is 35.5. The van der Waals surface area contributed by atoms with Crippen molar-refractivity contribution in [1.29, 1.82) is 0 Å². The van der Waals surface area contributed by atoms with Crippen LogP contribution in [0.1, 0.15) is 11.1 Å². The van der Waals surface area contributed by atoms with Gasteiger partial charge in [0.2, 0.25) is 5.88 Å². The van der Waals surface area contributed by atoms with Gasteiger partial charge in [-0.25, -0.2) is 4.98 Å². The van der Waals surface area contributed by atoms with Gasteiger partial charge >= 0.3 is 0 Å². The Morgan fingerprint density at radius 3 is 2.45 bits per heavy atom. The SMILES string of the molecule is CN=C(NCc1ccc(Cl)cc1)NCc1ccnc(OC)c1. The zero-order chi connectivity index (χ0) is 15.8. The number of aliphatic imine (C=N–C) groups is 1. The number of hydrogen-bond acceptors (Lipinski definition) is 3. The quantitative estimate of drug-likeness (QED) is 0.657. The number of methoxy groups -OCH3 is 1. The summed E-state index contributed by atoms with van der Waals surface area (Å²) in [5.74, 6) is 1.33. The number of pyridine rings is 1. The van der Waals surface area contributed by atoms with Crippen LogP contribution in [-0.4, -0.2) is 25.1 Å². The largest absolute Gasteiger partial charge is 0.481 e. The number of rotatable bonds is 5. The maximum atomic E-state index is 5.87. The van der Waals surface area contributed by atoms with E-state index in [4.69, 9.17) is 16.3 Å². The first-order valence-electron chi connectivity index (χ1n) is 6.89. The zero-order valence-corrected chi connectivity index (χ0v) is 13.4. The Kier molecular flexibility index (Phi) is 6.03. The third kappa shape index (κ3) is 4.93. The Morgan fingerprint density at radius 1 is 1.14 bits per heavy atom. The summed E-state index contributed by atoms with van der Waals surface area (Å²) in [4.78, 5) is 8.28. The molecule has 1 heterocycles. The first-order valence-corrected chi connectivity index (χ1v) is 7.27. The number of nitrogens with zero attached hydrogens (tertiary/aromatic N) is 2. The van der Waals surface area contributed by atoms with E-state index in [1.54, 1.807) is 20.4 Å². The van der Waals surface area contributed by atoms with Crippen LogP contribution in [0.25, 0.3) is 0 Å². The Morgan fingerprint density at radius 2 is 1.82 bits per heavy atom. The molecule has 0 aliphatic rings. The fraction of sp³-hybridized carbons (Fsp3) is 0.250. The van der Waals surface area contributed by atoms with Crippen molar-refractivity contribution in [3.8, 4) is 5.88 Å². The number of guanidine groups is 1. The highest BCUT2D eigenvalue weighted by Gasteiger charge is 2.01. The molecule has 5 nitrogen and oxygen atoms in total. The number of aromatic nitrogens is 1. The van der Waals surface area contributed by atoms with E-state index >= 15 is 0 Å². The molecule has 2 aromatic rings. The molecule has 1 aromatic heterocycles. The molecular formula is C16H19ClN4O. The topological polar surface area (TPSA) is 58.5 Å². The van der Waals surface area contributed by atoms with Gasteiger partial charge in [0, 0.05) is 37.4 Å². The average molecular weight is 319 g/mol. The van der Waals surface area contributed by atoms with Crippen LogP contribution in [0, 0.1) is 0 Å². The minimum absolute atomic E-state index is 0.600. The van der Waals surface area contributed by atoms with Crippen molar-refractivity contribution in [2.75, 3.05) is 14.2 Å². The van der Waals surface area contributed by atoms with Gasteiger partial charge in [-0.05, 0) is 29.3 Å². The van der Waals surface area contributed by atoms with E-state index in [1.165, 1.54) is 0 Å². The second-order valence-corrected chi connectivity index (χ2v) is 5.05. The van der Waals surface area contributed by atoms with E-state index in [9.17, 15) is 0 Å². The molecule has 0 bridgehead atoms. The van der Waals surface area contributed by atoms with E-state index in [1.807, 2.05) is 36.4 Å². The van der Waals surface area contributed by atoms with Crippen LogP contribution in [0.4, 0.5) is 0 Å². The normalized spacial score (nSPS) is 11.1. The van der Waals surface area contributed by atoms with Gasteiger partial charge in [0.1, 0.15) is 0 Å². The lowest BCUT2D eigenvalue weighted by atomic mass is 10.2. The molecule has 0 spiro atoms. The molecule has 116 valence electrons. The van der Waals surface area contributed by atoms with Gasteiger partial charge in [0.05, 0.1) is 7.11 Å². The van der Waals surface area contributed by atoms with Gasteiger partial charge in [0.15, 0.2) is 5.96 Å². The predicted molar refractivity (Wildman–Crippen MR) is 89.3 cm³/mol. The van der Waals surface area contributed by atoms with E-state index in [-0.39, 0.29) is 0 Å². The predicted octanol–water partition coefficient (Wildman–Crippen LogP) is 2.61. The Labute approximate surface area is 135 Å². The summed E-state index contributed by atoms with van der Waals surface area (Å²) in [5.41, 5.74) is 2.21. The monoisotopic (exact) mass is 318 g/mol. The van der Waals surface area contributed by atoms with Gasteiger partial charge in [0.25, 0.3) is 0 Å².